The van der Waals surface area contributed by atoms with E-state index >= 15 is 0 Å². The van der Waals surface area contributed by atoms with Crippen molar-refractivity contribution in [3.05, 3.63) is 24.3 Å². The number of hydrogen-bond donors (Lipinski definition) is 1. The minimum Gasteiger partial charge on any atom is -0.342 e. The van der Waals surface area contributed by atoms with Crippen LogP contribution in [0, 0.1) is 11.7 Å². The molecule has 0 bridgehead atoms. The van der Waals surface area contributed by atoms with Crippen LogP contribution < -0.4 is 10.2 Å². The molecule has 1 aliphatic carbocycles. The molecule has 1 saturated carbocycles. The van der Waals surface area contributed by atoms with Crippen molar-refractivity contribution in [1.82, 2.24) is 10.3 Å². The Morgan fingerprint density at radius 1 is 1.33 bits per heavy atom. The molecule has 1 atom stereocenters. The van der Waals surface area contributed by atoms with Crippen molar-refractivity contribution in [2.24, 2.45) is 5.92 Å². The molecule has 0 spiro atoms. The lowest BCUT2D eigenvalue weighted by Crippen LogP contribution is -2.59. The average molecular weight is 249 g/mol. The summed E-state index contributed by atoms with van der Waals surface area (Å²) in [6, 6.07) is 0.752. The summed E-state index contributed by atoms with van der Waals surface area (Å²) >= 11 is 0. The zero-order valence-electron chi connectivity index (χ0n) is 9.60. The van der Waals surface area contributed by atoms with E-state index in [-0.39, 0.29) is 24.3 Å². The van der Waals surface area contributed by atoms with Crippen LogP contribution in [0.3, 0.4) is 0 Å². The number of aromatic nitrogens is 1. The third-order valence-electron chi connectivity index (χ3n) is 3.25. The van der Waals surface area contributed by atoms with Gasteiger partial charge in [-0.15, -0.1) is 0 Å². The van der Waals surface area contributed by atoms with Gasteiger partial charge in [0.1, 0.15) is 18.4 Å². The molecular weight excluding hydrogens is 237 g/mol. The maximum absolute atomic E-state index is 13.1. The van der Waals surface area contributed by atoms with Crippen molar-refractivity contribution in [2.45, 2.75) is 18.9 Å². The normalized spacial score (nSPS) is 24.1. The first-order chi connectivity index (χ1) is 8.65. The minimum atomic E-state index is -0.519. The smallest absolute Gasteiger partial charge is 0.250 e. The van der Waals surface area contributed by atoms with E-state index in [4.69, 9.17) is 0 Å². The van der Waals surface area contributed by atoms with E-state index in [1.807, 2.05) is 0 Å². The molecule has 6 heteroatoms. The molecule has 0 radical (unpaired) electrons. The molecule has 5 nitrogen and oxygen atoms in total. The van der Waals surface area contributed by atoms with Gasteiger partial charge in [0.2, 0.25) is 11.8 Å². The summed E-state index contributed by atoms with van der Waals surface area (Å²) in [6.07, 6.45) is 4.36. The molecule has 1 aliphatic heterocycles. The molecule has 1 N–H and O–H groups in total. The predicted molar refractivity (Wildman–Crippen MR) is 61.2 cm³/mol. The number of carbonyl (C=O) groups excluding carboxylic acids is 2. The highest BCUT2D eigenvalue weighted by Gasteiger charge is 2.43. The van der Waals surface area contributed by atoms with Crippen LogP contribution in [0.2, 0.25) is 0 Å². The Hall–Kier alpha value is -1.98. The largest absolute Gasteiger partial charge is 0.342 e. The Bertz CT molecular complexity index is 516. The predicted octanol–water partition coefficient (Wildman–Crippen LogP) is 0.462. The summed E-state index contributed by atoms with van der Waals surface area (Å²) in [6.45, 7) is -0.0762. The second-order valence-corrected chi connectivity index (χ2v) is 4.67. The van der Waals surface area contributed by atoms with Gasteiger partial charge in [0.25, 0.3) is 0 Å². The number of nitrogens with zero attached hydrogens (tertiary/aromatic N) is 2. The van der Waals surface area contributed by atoms with E-state index in [9.17, 15) is 14.0 Å². The molecule has 3 rings (SSSR count). The fourth-order valence-electron chi connectivity index (χ4n) is 2.19. The Kier molecular flexibility index (Phi) is 2.50. The Balaban J connectivity index is 1.90. The lowest BCUT2D eigenvalue weighted by Gasteiger charge is -2.32. The molecule has 1 saturated heterocycles. The lowest BCUT2D eigenvalue weighted by molar-refractivity contribution is -0.131. The fraction of sp³-hybridized carbons (Fsp3) is 0.417. The van der Waals surface area contributed by atoms with E-state index in [0.29, 0.717) is 5.69 Å². The van der Waals surface area contributed by atoms with Crippen LogP contribution in [-0.4, -0.2) is 29.4 Å². The van der Waals surface area contributed by atoms with Gasteiger partial charge in [-0.25, -0.2) is 4.39 Å². The Morgan fingerprint density at radius 2 is 2.11 bits per heavy atom. The third-order valence-corrected chi connectivity index (χ3v) is 3.25. The molecule has 1 aromatic heterocycles. The standard InChI is InChI=1S/C12H12FN3O2/c13-8-3-9(5-14-4-8)16-6-10(17)15-11(12(16)18)7-1-2-7/h3-5,7,11H,1-2,6H2,(H,15,17). The van der Waals surface area contributed by atoms with Crippen LogP contribution in [0.5, 0.6) is 0 Å². The van der Waals surface area contributed by atoms with Gasteiger partial charge < -0.3 is 5.32 Å². The molecule has 2 fully saturated rings. The number of rotatable bonds is 2. The first-order valence-electron chi connectivity index (χ1n) is 5.86. The van der Waals surface area contributed by atoms with Crippen LogP contribution in [-0.2, 0) is 9.59 Å². The lowest BCUT2D eigenvalue weighted by atomic mass is 10.1. The highest BCUT2D eigenvalue weighted by molar-refractivity contribution is 6.06. The van der Waals surface area contributed by atoms with Gasteiger partial charge in [-0.05, 0) is 18.8 Å². The number of carbonyl (C=O) groups is 2. The molecule has 94 valence electrons. The molecule has 2 aliphatic rings. The summed E-state index contributed by atoms with van der Waals surface area (Å²) < 4.78 is 13.1. The zero-order valence-corrected chi connectivity index (χ0v) is 9.60. The third kappa shape index (κ3) is 1.94. The van der Waals surface area contributed by atoms with E-state index in [1.54, 1.807) is 0 Å². The number of hydrogen-bond acceptors (Lipinski definition) is 3. The average Bonchev–Trinajstić information content (AvgIpc) is 3.16. The van der Waals surface area contributed by atoms with Crippen LogP contribution in [0.1, 0.15) is 12.8 Å². The van der Waals surface area contributed by atoms with E-state index in [0.717, 1.165) is 19.0 Å². The van der Waals surface area contributed by atoms with E-state index in [2.05, 4.69) is 10.3 Å². The summed E-state index contributed by atoms with van der Waals surface area (Å²) in [5.74, 6) is -0.680. The second-order valence-electron chi connectivity index (χ2n) is 4.67. The number of nitrogens with one attached hydrogen (secondary N) is 1. The second kappa shape index (κ2) is 4.04. The highest BCUT2D eigenvalue weighted by atomic mass is 19.1. The van der Waals surface area contributed by atoms with Crippen molar-refractivity contribution in [3.63, 3.8) is 0 Å². The SMILES string of the molecule is O=C1CN(c2cncc(F)c2)C(=O)C(C2CC2)N1. The van der Waals surface area contributed by atoms with Gasteiger partial charge in [0.05, 0.1) is 18.1 Å². The summed E-state index contributed by atoms with van der Waals surface area (Å²) in [5.41, 5.74) is 0.334. The summed E-state index contributed by atoms with van der Waals surface area (Å²) in [4.78, 5) is 28.8. The monoisotopic (exact) mass is 249 g/mol. The minimum absolute atomic E-state index is 0.0762. The van der Waals surface area contributed by atoms with Gasteiger partial charge >= 0.3 is 0 Å². The van der Waals surface area contributed by atoms with Crippen LogP contribution in [0.4, 0.5) is 10.1 Å². The molecule has 18 heavy (non-hydrogen) atoms. The van der Waals surface area contributed by atoms with Gasteiger partial charge in [-0.2, -0.15) is 0 Å². The molecule has 0 aromatic carbocycles. The van der Waals surface area contributed by atoms with Crippen molar-refractivity contribution < 1.29 is 14.0 Å². The van der Waals surface area contributed by atoms with Gasteiger partial charge in [0, 0.05) is 6.07 Å². The first kappa shape index (κ1) is 11.1. The maximum Gasteiger partial charge on any atom is 0.250 e. The van der Waals surface area contributed by atoms with Crippen LogP contribution >= 0.6 is 0 Å². The number of halogens is 1. The van der Waals surface area contributed by atoms with Crippen molar-refractivity contribution >= 4 is 17.5 Å². The topological polar surface area (TPSA) is 62.3 Å². The summed E-state index contributed by atoms with van der Waals surface area (Å²) in [7, 11) is 0. The number of amides is 2. The van der Waals surface area contributed by atoms with Crippen LogP contribution in [0.25, 0.3) is 0 Å². The van der Waals surface area contributed by atoms with E-state index in [1.165, 1.54) is 17.2 Å². The van der Waals surface area contributed by atoms with Gasteiger partial charge in [0.15, 0.2) is 0 Å². The van der Waals surface area contributed by atoms with E-state index < -0.39 is 11.9 Å². The van der Waals surface area contributed by atoms with Crippen molar-refractivity contribution in [1.29, 1.82) is 0 Å². The van der Waals surface area contributed by atoms with Crippen molar-refractivity contribution in [2.75, 3.05) is 11.4 Å². The molecular formula is C12H12FN3O2. The molecule has 1 aromatic rings. The molecule has 2 heterocycles. The maximum atomic E-state index is 13.1. The number of pyridine rings is 1. The van der Waals surface area contributed by atoms with Crippen molar-refractivity contribution in [3.8, 4) is 0 Å². The zero-order chi connectivity index (χ0) is 12.7. The Labute approximate surface area is 103 Å². The van der Waals surface area contributed by atoms with Gasteiger partial charge in [-0.3, -0.25) is 19.5 Å². The summed E-state index contributed by atoms with van der Waals surface area (Å²) in [5, 5.41) is 2.70. The molecule has 1 unspecified atom stereocenters. The highest BCUT2D eigenvalue weighted by Crippen LogP contribution is 2.35. The van der Waals surface area contributed by atoms with Gasteiger partial charge in [-0.1, -0.05) is 0 Å². The quantitative estimate of drug-likeness (QED) is 0.828. The number of anilines is 1. The number of piperazine rings is 1. The fourth-order valence-corrected chi connectivity index (χ4v) is 2.19. The Morgan fingerprint density at radius 3 is 2.78 bits per heavy atom. The van der Waals surface area contributed by atoms with Crippen LogP contribution in [0.15, 0.2) is 18.5 Å². The molecule has 2 amide bonds. The first-order valence-corrected chi connectivity index (χ1v) is 5.86.